The molecule has 7 nitrogen and oxygen atoms in total. The van der Waals surface area contributed by atoms with Crippen LogP contribution in [-0.2, 0) is 6.54 Å². The lowest BCUT2D eigenvalue weighted by Crippen LogP contribution is -2.28. The van der Waals surface area contributed by atoms with Gasteiger partial charge in [0.15, 0.2) is 11.5 Å². The molecule has 1 aromatic carbocycles. The molecule has 0 bridgehead atoms. The van der Waals surface area contributed by atoms with Gasteiger partial charge in [0.2, 0.25) is 5.95 Å². The number of nitrogens with one attached hydrogen (secondary N) is 1. The van der Waals surface area contributed by atoms with Gasteiger partial charge in [0.25, 0.3) is 5.91 Å². The Kier molecular flexibility index (Phi) is 6.46. The lowest BCUT2D eigenvalue weighted by molar-refractivity contribution is 0.0945. The van der Waals surface area contributed by atoms with E-state index in [0.717, 1.165) is 31.5 Å². The average molecular weight is 370 g/mol. The van der Waals surface area contributed by atoms with E-state index >= 15 is 0 Å². The highest BCUT2D eigenvalue weighted by molar-refractivity contribution is 5.92. The molecule has 1 N–H and O–H groups in total. The van der Waals surface area contributed by atoms with E-state index in [1.54, 1.807) is 26.5 Å². The third kappa shape index (κ3) is 4.87. The fourth-order valence-electron chi connectivity index (χ4n) is 3.16. The molecular formula is C20H26N4O3. The number of carbonyl (C=O) groups is 1. The molecule has 1 fully saturated rings. The first-order valence-corrected chi connectivity index (χ1v) is 9.28. The molecule has 1 aliphatic heterocycles. The molecule has 0 saturated carbocycles. The third-order valence-corrected chi connectivity index (χ3v) is 4.67. The number of nitrogens with zero attached hydrogens (tertiary/aromatic N) is 3. The summed E-state index contributed by atoms with van der Waals surface area (Å²) in [6.07, 6.45) is 6.40. The zero-order valence-electron chi connectivity index (χ0n) is 15.9. The fraction of sp³-hybridized carbons (Fsp3) is 0.450. The molecule has 0 radical (unpaired) electrons. The summed E-state index contributed by atoms with van der Waals surface area (Å²) in [4.78, 5) is 23.5. The summed E-state index contributed by atoms with van der Waals surface area (Å²) in [5.74, 6) is 1.71. The number of anilines is 1. The van der Waals surface area contributed by atoms with Crippen molar-refractivity contribution in [3.63, 3.8) is 0 Å². The van der Waals surface area contributed by atoms with E-state index in [4.69, 9.17) is 9.47 Å². The van der Waals surface area contributed by atoms with Crippen molar-refractivity contribution in [1.82, 2.24) is 15.3 Å². The summed E-state index contributed by atoms with van der Waals surface area (Å²) in [5.41, 5.74) is 1.30. The van der Waals surface area contributed by atoms with Crippen LogP contribution in [0, 0.1) is 0 Å². The Morgan fingerprint density at radius 1 is 1.07 bits per heavy atom. The van der Waals surface area contributed by atoms with E-state index in [-0.39, 0.29) is 5.91 Å². The van der Waals surface area contributed by atoms with Gasteiger partial charge in [-0.2, -0.15) is 0 Å². The second kappa shape index (κ2) is 9.21. The number of benzene rings is 1. The molecule has 0 spiro atoms. The molecule has 27 heavy (non-hydrogen) atoms. The molecule has 3 rings (SSSR count). The van der Waals surface area contributed by atoms with Gasteiger partial charge in [0, 0.05) is 25.8 Å². The summed E-state index contributed by atoms with van der Waals surface area (Å²) >= 11 is 0. The molecule has 0 atom stereocenters. The van der Waals surface area contributed by atoms with Crippen LogP contribution >= 0.6 is 0 Å². The molecule has 0 aliphatic carbocycles. The van der Waals surface area contributed by atoms with Crippen LogP contribution in [0.4, 0.5) is 5.95 Å². The van der Waals surface area contributed by atoms with Crippen LogP contribution in [-0.4, -0.2) is 43.2 Å². The van der Waals surface area contributed by atoms with Crippen molar-refractivity contribution in [2.24, 2.45) is 0 Å². The van der Waals surface area contributed by atoms with Crippen LogP contribution < -0.4 is 19.7 Å². The monoisotopic (exact) mass is 370 g/mol. The van der Waals surface area contributed by atoms with Gasteiger partial charge >= 0.3 is 0 Å². The Hall–Kier alpha value is -2.83. The lowest BCUT2D eigenvalue weighted by Gasteiger charge is -2.20. The molecule has 1 amide bonds. The van der Waals surface area contributed by atoms with Gasteiger partial charge in [-0.1, -0.05) is 18.9 Å². The van der Waals surface area contributed by atoms with Crippen LogP contribution in [0.1, 0.15) is 41.7 Å². The maximum Gasteiger partial charge on any atom is 0.270 e. The Balaban J connectivity index is 1.65. The largest absolute Gasteiger partial charge is 0.493 e. The van der Waals surface area contributed by atoms with Crippen LogP contribution in [0.5, 0.6) is 11.5 Å². The minimum absolute atomic E-state index is 0.219. The molecule has 1 aliphatic rings. The normalized spacial score (nSPS) is 14.4. The maximum absolute atomic E-state index is 12.5. The number of carbonyl (C=O) groups excluding carboxylic acids is 1. The van der Waals surface area contributed by atoms with Crippen molar-refractivity contribution in [3.8, 4) is 11.5 Å². The second-order valence-corrected chi connectivity index (χ2v) is 6.52. The summed E-state index contributed by atoms with van der Waals surface area (Å²) in [6.45, 7) is 2.26. The van der Waals surface area contributed by atoms with Gasteiger partial charge in [0.1, 0.15) is 5.69 Å². The smallest absolute Gasteiger partial charge is 0.270 e. The van der Waals surface area contributed by atoms with Crippen molar-refractivity contribution in [3.05, 3.63) is 41.7 Å². The first-order valence-electron chi connectivity index (χ1n) is 9.28. The van der Waals surface area contributed by atoms with Gasteiger partial charge in [-0.3, -0.25) is 4.79 Å². The third-order valence-electron chi connectivity index (χ3n) is 4.67. The number of amides is 1. The zero-order valence-corrected chi connectivity index (χ0v) is 15.9. The van der Waals surface area contributed by atoms with Crippen LogP contribution in [0.3, 0.4) is 0 Å². The van der Waals surface area contributed by atoms with E-state index in [9.17, 15) is 4.79 Å². The minimum Gasteiger partial charge on any atom is -0.493 e. The predicted octanol–water partition coefficient (Wildman–Crippen LogP) is 2.80. The number of aromatic nitrogens is 2. The first kappa shape index (κ1) is 18.9. The van der Waals surface area contributed by atoms with E-state index in [1.165, 1.54) is 12.8 Å². The second-order valence-electron chi connectivity index (χ2n) is 6.52. The number of ether oxygens (including phenoxy) is 2. The van der Waals surface area contributed by atoms with E-state index in [1.807, 2.05) is 18.2 Å². The molecule has 2 aromatic rings. The summed E-state index contributed by atoms with van der Waals surface area (Å²) < 4.78 is 10.5. The fourth-order valence-corrected chi connectivity index (χ4v) is 3.16. The highest BCUT2D eigenvalue weighted by atomic mass is 16.5. The zero-order chi connectivity index (χ0) is 19.1. The lowest BCUT2D eigenvalue weighted by atomic mass is 10.2. The minimum atomic E-state index is -0.219. The number of rotatable bonds is 6. The molecular weight excluding hydrogens is 344 g/mol. The van der Waals surface area contributed by atoms with Crippen molar-refractivity contribution >= 4 is 11.9 Å². The summed E-state index contributed by atoms with van der Waals surface area (Å²) in [5, 5.41) is 2.90. The molecule has 2 heterocycles. The van der Waals surface area contributed by atoms with Crippen molar-refractivity contribution in [2.75, 3.05) is 32.2 Å². The molecule has 1 aromatic heterocycles. The molecule has 7 heteroatoms. The van der Waals surface area contributed by atoms with Gasteiger partial charge < -0.3 is 19.7 Å². The standard InChI is InChI=1S/C20H26N4O3/c1-26-17-8-7-15(13-18(17)27-2)14-22-19(25)16-9-10-21-20(23-16)24-11-5-3-4-6-12-24/h7-10,13H,3-6,11-12,14H2,1-2H3,(H,22,25). The van der Waals surface area contributed by atoms with Crippen molar-refractivity contribution < 1.29 is 14.3 Å². The average Bonchev–Trinajstić information content (AvgIpc) is 3.01. The van der Waals surface area contributed by atoms with Crippen molar-refractivity contribution in [2.45, 2.75) is 32.2 Å². The Labute approximate surface area is 159 Å². The van der Waals surface area contributed by atoms with Crippen LogP contribution in [0.2, 0.25) is 0 Å². The first-order chi connectivity index (χ1) is 13.2. The number of hydrogen-bond donors (Lipinski definition) is 1. The van der Waals surface area contributed by atoms with E-state index in [0.29, 0.717) is 29.7 Å². The predicted molar refractivity (Wildman–Crippen MR) is 103 cm³/mol. The highest BCUT2D eigenvalue weighted by Gasteiger charge is 2.15. The Morgan fingerprint density at radius 2 is 1.81 bits per heavy atom. The SMILES string of the molecule is COc1ccc(CNC(=O)c2ccnc(N3CCCCCC3)n2)cc1OC. The summed E-state index contributed by atoms with van der Waals surface area (Å²) in [7, 11) is 3.18. The number of hydrogen-bond acceptors (Lipinski definition) is 6. The molecule has 0 unspecified atom stereocenters. The van der Waals surface area contributed by atoms with Gasteiger partial charge in [-0.05, 0) is 36.6 Å². The van der Waals surface area contributed by atoms with Gasteiger partial charge in [0.05, 0.1) is 14.2 Å². The maximum atomic E-state index is 12.5. The van der Waals surface area contributed by atoms with E-state index < -0.39 is 0 Å². The molecule has 144 valence electrons. The summed E-state index contributed by atoms with van der Waals surface area (Å²) in [6, 6.07) is 7.21. The van der Waals surface area contributed by atoms with E-state index in [2.05, 4.69) is 20.2 Å². The van der Waals surface area contributed by atoms with Crippen LogP contribution in [0.15, 0.2) is 30.5 Å². The van der Waals surface area contributed by atoms with Crippen molar-refractivity contribution in [1.29, 1.82) is 0 Å². The number of methoxy groups -OCH3 is 2. The Morgan fingerprint density at radius 3 is 2.52 bits per heavy atom. The van der Waals surface area contributed by atoms with Gasteiger partial charge in [-0.25, -0.2) is 9.97 Å². The van der Waals surface area contributed by atoms with Crippen LogP contribution in [0.25, 0.3) is 0 Å². The van der Waals surface area contributed by atoms with Gasteiger partial charge in [-0.15, -0.1) is 0 Å². The highest BCUT2D eigenvalue weighted by Crippen LogP contribution is 2.27. The topological polar surface area (TPSA) is 76.6 Å². The quantitative estimate of drug-likeness (QED) is 0.843. The molecule has 1 saturated heterocycles. The Bertz CT molecular complexity index is 774.